The van der Waals surface area contributed by atoms with Crippen molar-refractivity contribution in [1.29, 1.82) is 0 Å². The van der Waals surface area contributed by atoms with Gasteiger partial charge in [-0.3, -0.25) is 13.9 Å². The third-order valence-electron chi connectivity index (χ3n) is 22.5. The number of carbonyl (C=O) groups excluding carboxylic acids is 1. The molecule has 6 aliphatic heterocycles. The first-order valence-electron chi connectivity index (χ1n) is 32.3. The van der Waals surface area contributed by atoms with Crippen LogP contribution < -0.4 is 0 Å². The fourth-order valence-electron chi connectivity index (χ4n) is 17.6. The number of carbonyl (C=O) groups is 1. The maximum Gasteiger partial charge on any atom is 0.397 e. The molecule has 1 spiro atoms. The number of methoxy groups -OCH3 is 1. The molecule has 0 radical (unpaired) electrons. The largest absolute Gasteiger partial charge is 0.458 e. The Balaban J connectivity index is 0.894. The smallest absolute Gasteiger partial charge is 0.397 e. The standard InChI is InChI=1S/C60H96O34S2/c1-24-45(91-52-44(72)47(37(65)30(89-52)23-84-96(78,79)80)92-51-43(71)46(81-9)36(64)27(20-61)86-51)40(68)42(70)49(85-24)93-48-38(66)28(87-50-41(69)39(67)35(63)29(88-50)22-83-95(75,76)77)21-82-53(48)90-34-14-17-57(6)26-19-33(62)60-32(59(8,94-54(60)73)16-10-15-55(2,3)74)13-18-58(60,7)25(26)11-12-31(57)56(34,4)5/h10,15,19,24-25,27-53,61-72,74H,11-14,16-18,20-23H2,1-9H3,(H,75,76,77)(H,78,79,80)/b15-10+/t24-,25-,27-,28-,29-,30-,31+,32-,33+,34+,35-,36-,37-,38+,39+,40-,41-,42-,43-,44-,45-,46+,47+,48-,49+,50-,51+,52+,53+,57-,58+,59+,60+/m1/s1. The average molecular weight is 1430 g/mol. The highest BCUT2D eigenvalue weighted by atomic mass is 32.3. The van der Waals surface area contributed by atoms with E-state index in [0.717, 1.165) is 12.7 Å². The van der Waals surface area contributed by atoms with Gasteiger partial charge in [-0.05, 0) is 94.3 Å². The lowest BCUT2D eigenvalue weighted by Gasteiger charge is -2.64. The Morgan fingerprint density at radius 2 is 1.16 bits per heavy atom. The van der Waals surface area contributed by atoms with E-state index in [0.29, 0.717) is 44.9 Å². The minimum absolute atomic E-state index is 0.123. The summed E-state index contributed by atoms with van der Waals surface area (Å²) in [4.78, 5) is 14.6. The third-order valence-corrected chi connectivity index (χ3v) is 23.4. The summed E-state index contributed by atoms with van der Waals surface area (Å²) in [5.41, 5.74) is -4.27. The van der Waals surface area contributed by atoms with Gasteiger partial charge in [0.2, 0.25) is 0 Å². The van der Waals surface area contributed by atoms with Crippen LogP contribution in [-0.2, 0) is 90.8 Å². The normalized spacial score (nSPS) is 49.9. The van der Waals surface area contributed by atoms with Crippen LogP contribution >= 0.6 is 0 Å². The molecule has 36 heteroatoms. The Kier molecular flexibility index (Phi) is 22.3. The number of aliphatic hydroxyl groups excluding tert-OH is 12. The van der Waals surface area contributed by atoms with Crippen molar-refractivity contribution in [3.63, 3.8) is 0 Å². The van der Waals surface area contributed by atoms with E-state index >= 15 is 0 Å². The van der Waals surface area contributed by atoms with Crippen LogP contribution in [0.2, 0.25) is 0 Å². The van der Waals surface area contributed by atoms with Crippen molar-refractivity contribution in [2.24, 2.45) is 39.4 Å². The number of fused-ring (bicyclic) bond motifs is 4. The summed E-state index contributed by atoms with van der Waals surface area (Å²) in [6, 6.07) is 0. The molecule has 33 atom stereocenters. The van der Waals surface area contributed by atoms with E-state index in [2.05, 4.69) is 22.2 Å². The first kappa shape index (κ1) is 76.4. The van der Waals surface area contributed by atoms with Crippen LogP contribution in [-0.4, -0.2) is 303 Å². The number of rotatable bonds is 21. The third kappa shape index (κ3) is 14.1. The Labute approximate surface area is 555 Å². The molecule has 0 aromatic heterocycles. The molecule has 96 heavy (non-hydrogen) atoms. The van der Waals surface area contributed by atoms with Gasteiger partial charge in [-0.2, -0.15) is 16.8 Å². The van der Waals surface area contributed by atoms with E-state index in [-0.39, 0.29) is 17.8 Å². The van der Waals surface area contributed by atoms with Gasteiger partial charge in [0.1, 0.15) is 121 Å². The Hall–Kier alpha value is -2.27. The highest BCUT2D eigenvalue weighted by Crippen LogP contribution is 2.76. The van der Waals surface area contributed by atoms with Gasteiger partial charge in [0, 0.05) is 19.4 Å². The molecular formula is C60H96O34S2. The van der Waals surface area contributed by atoms with Crippen molar-refractivity contribution in [3.8, 4) is 0 Å². The lowest BCUT2D eigenvalue weighted by atomic mass is 9.40. The molecule has 0 bridgehead atoms. The van der Waals surface area contributed by atoms with Gasteiger partial charge in [-0.1, -0.05) is 51.5 Å². The molecule has 4 aliphatic carbocycles. The van der Waals surface area contributed by atoms with E-state index in [1.54, 1.807) is 19.9 Å². The number of esters is 1. The van der Waals surface area contributed by atoms with Gasteiger partial charge in [-0.25, -0.2) is 8.37 Å². The maximum absolute atomic E-state index is 14.6. The summed E-state index contributed by atoms with van der Waals surface area (Å²) in [5.74, 6) is -1.05. The summed E-state index contributed by atoms with van der Waals surface area (Å²) in [6.45, 7) is 11.1. The van der Waals surface area contributed by atoms with Gasteiger partial charge in [-0.15, -0.1) is 0 Å². The summed E-state index contributed by atoms with van der Waals surface area (Å²) in [5, 5.41) is 147. The fourth-order valence-corrected chi connectivity index (χ4v) is 18.2. The zero-order valence-electron chi connectivity index (χ0n) is 54.5. The van der Waals surface area contributed by atoms with Gasteiger partial charge in [0.25, 0.3) is 0 Å². The summed E-state index contributed by atoms with van der Waals surface area (Å²) < 4.78 is 146. The van der Waals surface area contributed by atoms with Crippen molar-refractivity contribution in [3.05, 3.63) is 23.8 Å². The van der Waals surface area contributed by atoms with Crippen molar-refractivity contribution in [2.45, 2.75) is 271 Å². The highest BCUT2D eigenvalue weighted by molar-refractivity contribution is 7.81. The van der Waals surface area contributed by atoms with Gasteiger partial charge in [0.15, 0.2) is 31.5 Å². The number of ether oxygens (including phenoxy) is 12. The van der Waals surface area contributed by atoms with E-state index in [1.807, 2.05) is 32.9 Å². The molecule has 0 amide bonds. The molecule has 0 unspecified atom stereocenters. The topological polar surface area (TPSA) is 518 Å². The number of hydrogen-bond acceptors (Lipinski definition) is 32. The quantitative estimate of drug-likeness (QED) is 0.0226. The van der Waals surface area contributed by atoms with Crippen LogP contribution in [0.15, 0.2) is 23.8 Å². The Bertz CT molecular complexity index is 3030. The van der Waals surface area contributed by atoms with Crippen LogP contribution in [0.5, 0.6) is 0 Å². The van der Waals surface area contributed by atoms with Gasteiger partial charge in [0.05, 0.1) is 50.3 Å². The molecular weight excluding hydrogens is 1330 g/mol. The second-order valence-corrected chi connectivity index (χ2v) is 31.4. The molecule has 10 aliphatic rings. The molecule has 0 aromatic carbocycles. The monoisotopic (exact) mass is 1420 g/mol. The summed E-state index contributed by atoms with van der Waals surface area (Å²) in [6.07, 6.45) is -37.8. The predicted molar refractivity (Wildman–Crippen MR) is 317 cm³/mol. The van der Waals surface area contributed by atoms with Crippen molar-refractivity contribution >= 4 is 26.8 Å². The molecule has 0 aromatic rings. The first-order valence-corrected chi connectivity index (χ1v) is 35.0. The van der Waals surface area contributed by atoms with E-state index in [4.69, 9.17) is 56.8 Å². The zero-order chi connectivity index (χ0) is 70.7. The molecule has 6 heterocycles. The predicted octanol–water partition coefficient (Wildman–Crippen LogP) is -3.97. The highest BCUT2D eigenvalue weighted by Gasteiger charge is 2.79. The minimum atomic E-state index is -5.22. The average Bonchev–Trinajstić information content (AvgIpc) is 1.45. The lowest BCUT2D eigenvalue weighted by molar-refractivity contribution is -0.394. The van der Waals surface area contributed by atoms with Gasteiger partial charge < -0.3 is 123 Å². The molecule has 34 nitrogen and oxygen atoms in total. The lowest BCUT2D eigenvalue weighted by Crippen LogP contribution is -2.67. The molecule has 3 saturated carbocycles. The van der Waals surface area contributed by atoms with Crippen molar-refractivity contribution in [2.75, 3.05) is 33.5 Å². The van der Waals surface area contributed by atoms with Crippen molar-refractivity contribution in [1.82, 2.24) is 0 Å². The molecule has 6 saturated heterocycles. The first-order chi connectivity index (χ1) is 44.6. The minimum Gasteiger partial charge on any atom is -0.458 e. The number of allylic oxidation sites excluding steroid dienone is 1. The van der Waals surface area contributed by atoms with Crippen LogP contribution in [0, 0.1) is 39.4 Å². The van der Waals surface area contributed by atoms with E-state index in [1.165, 1.54) is 6.92 Å². The van der Waals surface area contributed by atoms with Gasteiger partial charge >= 0.3 is 26.8 Å². The Morgan fingerprint density at radius 3 is 1.76 bits per heavy atom. The molecule has 15 N–H and O–H groups in total. The van der Waals surface area contributed by atoms with Crippen LogP contribution in [0.25, 0.3) is 0 Å². The fraction of sp³-hybridized carbons (Fsp3) is 0.917. The van der Waals surface area contributed by atoms with E-state index < -0.39 is 246 Å². The van der Waals surface area contributed by atoms with Crippen molar-refractivity contribution < 1.29 is 162 Å². The second-order valence-electron chi connectivity index (χ2n) is 29.2. The maximum atomic E-state index is 14.6. The number of hydrogen-bond donors (Lipinski definition) is 15. The van der Waals surface area contributed by atoms with Crippen LogP contribution in [0.4, 0.5) is 0 Å². The Morgan fingerprint density at radius 1 is 0.604 bits per heavy atom. The summed E-state index contributed by atoms with van der Waals surface area (Å²) in [7, 11) is -9.23. The summed E-state index contributed by atoms with van der Waals surface area (Å²) >= 11 is 0. The molecule has 10 rings (SSSR count). The van der Waals surface area contributed by atoms with Crippen LogP contribution in [0.1, 0.15) is 100 Å². The SMILES string of the molecule is CO[C@@H]1[C@@H](O)[C@H](O[C@@H]2[C@@H](O)[C@H](O[C@H]3[C@H](O)[C@@H](O)[C@H](O[C@H]4[C@H](O[C@H]5CC[C@]6(C)C7=C[C@H](O)[C@]89C(=O)O[C@@](C)(C/C=C/C(C)(C)O)[C@H]8CC[C@@]9(C)[C@@H]7CC[C@H]6C5(C)C)OC[C@@H](O[C@@H]5O[C@H](COS(=O)(=O)O)[C@@H](O)[C@H](O)[C@H]5O)[C@@H]4O)O[C@@H]3C)O[C@H](COS(=O)(=O)O)[C@H]2O)O[C@H](CO)[C@H]1O. The second kappa shape index (κ2) is 28.1. The zero-order valence-corrected chi connectivity index (χ0v) is 56.2. The number of aliphatic hydroxyl groups is 13. The molecule has 552 valence electrons. The number of cyclic esters (lactones) is 1. The van der Waals surface area contributed by atoms with E-state index in [9.17, 15) is 97.1 Å². The van der Waals surface area contributed by atoms with Crippen LogP contribution in [0.3, 0.4) is 0 Å². The molecule has 9 fully saturated rings.